The van der Waals surface area contributed by atoms with Crippen molar-refractivity contribution in [3.05, 3.63) is 25.3 Å². The summed E-state index contributed by atoms with van der Waals surface area (Å²) < 4.78 is 21.3. The van der Waals surface area contributed by atoms with Crippen LogP contribution in [0, 0.1) is 23.2 Å². The summed E-state index contributed by atoms with van der Waals surface area (Å²) in [4.78, 5) is 67.4. The van der Waals surface area contributed by atoms with Gasteiger partial charge >= 0.3 is 18.0 Å². The maximum absolute atomic E-state index is 13.6. The van der Waals surface area contributed by atoms with Gasteiger partial charge in [0.15, 0.2) is 9.04 Å². The van der Waals surface area contributed by atoms with Crippen LogP contribution in [0.1, 0.15) is 33.6 Å². The molecular weight excluding hydrogens is 536 g/mol. The molecule has 2 saturated heterocycles. The van der Waals surface area contributed by atoms with Gasteiger partial charge in [0.1, 0.15) is 19.0 Å². The van der Waals surface area contributed by atoms with Crippen LogP contribution in [0.15, 0.2) is 25.3 Å². The Labute approximate surface area is 238 Å². The molecule has 12 heteroatoms. The number of β-lactam (4-membered cyclic amide) rings is 1. The quantitative estimate of drug-likeness (QED) is 0.106. The first-order valence-corrected chi connectivity index (χ1v) is 16.4. The number of carbonyl (C=O) groups excluding carboxylic acids is 5. The van der Waals surface area contributed by atoms with Crippen LogP contribution >= 0.6 is 0 Å². The predicted octanol–water partition coefficient (Wildman–Crippen LogP) is 2.35. The predicted molar refractivity (Wildman–Crippen MR) is 150 cm³/mol. The average Bonchev–Trinajstić information content (AvgIpc) is 3.31. The van der Waals surface area contributed by atoms with Gasteiger partial charge in [-0.15, -0.1) is 0 Å². The molecule has 0 bridgehead atoms. The SMILES string of the molecule is C=CCOC(=O)C(=O)N1C(=O)[C@@H]([C@@H](CO[SiH](C)C)C(C)(C)C)[C@H]1CC(=O)C1C[C@@H](COC)N(C(=O)OCC=C)C1. The number of carbonyl (C=O) groups is 5. The molecular formula is C28H44N2O9Si. The molecule has 3 amide bonds. The molecule has 0 aromatic heterocycles. The molecule has 0 N–H and O–H groups in total. The molecule has 1 unspecified atom stereocenters. The Morgan fingerprint density at radius 2 is 1.73 bits per heavy atom. The van der Waals surface area contributed by atoms with E-state index in [1.54, 1.807) is 0 Å². The largest absolute Gasteiger partial charge is 0.454 e. The number of imide groups is 1. The summed E-state index contributed by atoms with van der Waals surface area (Å²) in [7, 11) is 0.0823. The first-order chi connectivity index (χ1) is 18.8. The standard InChI is InChI=1S/C28H44N2O9Si/c1-9-11-37-26(34)25(33)30-21(23(24(30)32)20(28(3,4)5)17-39-40(7)8)14-22(31)18-13-19(16-36-6)29(15-18)27(35)38-12-10-2/h9-10,18-21,23,40H,1-2,11-17H2,3-8H3/t18?,19-,20+,21+,23-/m0/s1. The van der Waals surface area contributed by atoms with E-state index in [4.69, 9.17) is 18.6 Å². The van der Waals surface area contributed by atoms with E-state index in [0.29, 0.717) is 13.0 Å². The molecule has 0 radical (unpaired) electrons. The number of amides is 3. The smallest absolute Gasteiger partial charge is 0.410 e. The Bertz CT molecular complexity index is 977. The van der Waals surface area contributed by atoms with Crippen LogP contribution in [-0.4, -0.2) is 101 Å². The molecule has 224 valence electrons. The maximum atomic E-state index is 13.6. The van der Waals surface area contributed by atoms with Crippen LogP contribution in [0.2, 0.25) is 13.1 Å². The van der Waals surface area contributed by atoms with Crippen molar-refractivity contribution in [3.8, 4) is 0 Å². The van der Waals surface area contributed by atoms with E-state index < -0.39 is 50.8 Å². The number of likely N-dealkylation sites (tertiary alicyclic amines) is 2. The van der Waals surface area contributed by atoms with Gasteiger partial charge in [0.2, 0.25) is 5.91 Å². The van der Waals surface area contributed by atoms with Gasteiger partial charge < -0.3 is 23.5 Å². The fraction of sp³-hybridized carbons (Fsp3) is 0.679. The molecule has 0 aromatic carbocycles. The fourth-order valence-electron chi connectivity index (χ4n) is 5.27. The van der Waals surface area contributed by atoms with Gasteiger partial charge in [-0.1, -0.05) is 46.1 Å². The maximum Gasteiger partial charge on any atom is 0.410 e. The first-order valence-electron chi connectivity index (χ1n) is 13.6. The zero-order chi connectivity index (χ0) is 30.2. The number of esters is 1. The highest BCUT2D eigenvalue weighted by atomic mass is 28.3. The van der Waals surface area contributed by atoms with Crippen LogP contribution in [0.4, 0.5) is 4.79 Å². The summed E-state index contributed by atoms with van der Waals surface area (Å²) in [6.45, 7) is 17.5. The van der Waals surface area contributed by atoms with Gasteiger partial charge in [-0.05, 0) is 30.8 Å². The first kappa shape index (κ1) is 33.4. The Morgan fingerprint density at radius 1 is 1.10 bits per heavy atom. The summed E-state index contributed by atoms with van der Waals surface area (Å²) in [5.41, 5.74) is -0.383. The van der Waals surface area contributed by atoms with E-state index in [9.17, 15) is 24.0 Å². The lowest BCUT2D eigenvalue weighted by atomic mass is 9.65. The fourth-order valence-corrected chi connectivity index (χ4v) is 5.86. The minimum Gasteiger partial charge on any atom is -0.454 e. The van der Waals surface area contributed by atoms with Crippen LogP contribution in [0.25, 0.3) is 0 Å². The van der Waals surface area contributed by atoms with Gasteiger partial charge in [-0.3, -0.25) is 19.3 Å². The normalized spacial score (nSPS) is 23.4. The van der Waals surface area contributed by atoms with Crippen LogP contribution < -0.4 is 0 Å². The molecule has 0 saturated carbocycles. The van der Waals surface area contributed by atoms with Gasteiger partial charge in [-0.25, -0.2) is 9.59 Å². The number of Topliss-reactive ketones (excluding diaryl/α,β-unsaturated/α-hetero) is 1. The minimum absolute atomic E-state index is 0.0358. The average molecular weight is 581 g/mol. The topological polar surface area (TPSA) is 129 Å². The molecule has 11 nitrogen and oxygen atoms in total. The Kier molecular flexibility index (Phi) is 12.3. The summed E-state index contributed by atoms with van der Waals surface area (Å²) in [5.74, 6) is -4.57. The molecule has 2 aliphatic rings. The summed E-state index contributed by atoms with van der Waals surface area (Å²) >= 11 is 0. The number of hydrogen-bond donors (Lipinski definition) is 0. The van der Waals surface area contributed by atoms with Crippen LogP contribution in [0.5, 0.6) is 0 Å². The van der Waals surface area contributed by atoms with E-state index >= 15 is 0 Å². The Morgan fingerprint density at radius 3 is 2.27 bits per heavy atom. The highest BCUT2D eigenvalue weighted by Gasteiger charge is 2.58. The van der Waals surface area contributed by atoms with Crippen molar-refractivity contribution in [1.29, 1.82) is 0 Å². The second-order valence-corrected chi connectivity index (χ2v) is 14.0. The zero-order valence-corrected chi connectivity index (χ0v) is 25.7. The Hall–Kier alpha value is -2.83. The Balaban J connectivity index is 2.33. The molecule has 5 atom stereocenters. The van der Waals surface area contributed by atoms with Crippen molar-refractivity contribution in [3.63, 3.8) is 0 Å². The van der Waals surface area contributed by atoms with E-state index in [2.05, 4.69) is 13.2 Å². The van der Waals surface area contributed by atoms with Gasteiger partial charge in [0.25, 0.3) is 0 Å². The number of nitrogens with zero attached hydrogens (tertiary/aromatic N) is 2. The lowest BCUT2D eigenvalue weighted by Gasteiger charge is -2.51. The summed E-state index contributed by atoms with van der Waals surface area (Å²) in [6, 6.07) is -1.21. The summed E-state index contributed by atoms with van der Waals surface area (Å²) in [5, 5.41) is 0. The van der Waals surface area contributed by atoms with E-state index in [0.717, 1.165) is 4.90 Å². The molecule has 40 heavy (non-hydrogen) atoms. The number of rotatable bonds is 13. The number of ketones is 1. The molecule has 2 heterocycles. The molecule has 0 spiro atoms. The number of hydrogen-bond acceptors (Lipinski definition) is 9. The van der Waals surface area contributed by atoms with E-state index in [1.165, 1.54) is 24.2 Å². The van der Waals surface area contributed by atoms with Crippen molar-refractivity contribution in [2.75, 3.05) is 40.1 Å². The van der Waals surface area contributed by atoms with Crippen molar-refractivity contribution in [2.24, 2.45) is 23.2 Å². The monoisotopic (exact) mass is 580 g/mol. The van der Waals surface area contributed by atoms with Crippen LogP contribution in [-0.2, 0) is 37.8 Å². The van der Waals surface area contributed by atoms with Crippen molar-refractivity contribution in [2.45, 2.75) is 58.8 Å². The minimum atomic E-state index is -1.43. The second-order valence-electron chi connectivity index (χ2n) is 11.6. The van der Waals surface area contributed by atoms with E-state index in [1.807, 2.05) is 33.9 Å². The van der Waals surface area contributed by atoms with Crippen LogP contribution in [0.3, 0.4) is 0 Å². The van der Waals surface area contributed by atoms with Gasteiger partial charge in [0, 0.05) is 32.6 Å². The third-order valence-electron chi connectivity index (χ3n) is 7.35. The molecule has 0 aliphatic carbocycles. The molecule has 2 aliphatic heterocycles. The van der Waals surface area contributed by atoms with E-state index in [-0.39, 0.29) is 55.9 Å². The highest BCUT2D eigenvalue weighted by Crippen LogP contribution is 2.44. The molecule has 2 rings (SSSR count). The lowest BCUT2D eigenvalue weighted by molar-refractivity contribution is -0.181. The van der Waals surface area contributed by atoms with Crippen molar-refractivity contribution in [1.82, 2.24) is 9.80 Å². The highest BCUT2D eigenvalue weighted by molar-refractivity contribution is 6.48. The second kappa shape index (κ2) is 14.7. The van der Waals surface area contributed by atoms with Gasteiger partial charge in [-0.2, -0.15) is 0 Å². The summed E-state index contributed by atoms with van der Waals surface area (Å²) in [6.07, 6.45) is 2.40. The third-order valence-corrected chi connectivity index (χ3v) is 8.21. The van der Waals surface area contributed by atoms with Gasteiger partial charge in [0.05, 0.1) is 24.6 Å². The van der Waals surface area contributed by atoms with Crippen molar-refractivity contribution >= 4 is 38.7 Å². The van der Waals surface area contributed by atoms with Crippen molar-refractivity contribution < 1.29 is 42.6 Å². The molecule has 0 aromatic rings. The zero-order valence-electron chi connectivity index (χ0n) is 24.6. The number of methoxy groups -OCH3 is 1. The number of ether oxygens (including phenoxy) is 3. The third kappa shape index (κ3) is 8.11. The molecule has 2 fully saturated rings. The lowest BCUT2D eigenvalue weighted by Crippen LogP contribution is -2.68.